The Labute approximate surface area is 136 Å². The zero-order valence-electron chi connectivity index (χ0n) is 12.3. The molecule has 0 aliphatic heterocycles. The Kier molecular flexibility index (Phi) is 4.20. The summed E-state index contributed by atoms with van der Waals surface area (Å²) in [6, 6.07) is 12.5. The number of hydrogen-bond acceptors (Lipinski definition) is 4. The van der Waals surface area contributed by atoms with Crippen LogP contribution in [0.3, 0.4) is 0 Å². The molecule has 0 spiro atoms. The summed E-state index contributed by atoms with van der Waals surface area (Å²) in [4.78, 5) is 24.2. The van der Waals surface area contributed by atoms with Gasteiger partial charge in [-0.3, -0.25) is 14.7 Å². The van der Waals surface area contributed by atoms with E-state index in [1.54, 1.807) is 41.7 Å². The Bertz CT molecular complexity index is 822. The molecule has 1 aromatic carbocycles. The molecule has 23 heavy (non-hydrogen) atoms. The molecular weight excluding hydrogens is 312 g/mol. The number of carbonyl (C=O) groups is 2. The summed E-state index contributed by atoms with van der Waals surface area (Å²) >= 11 is 1.57. The maximum absolute atomic E-state index is 12.2. The van der Waals surface area contributed by atoms with E-state index in [4.69, 9.17) is 0 Å². The average Bonchev–Trinajstić information content (AvgIpc) is 3.19. The molecule has 6 nitrogen and oxygen atoms in total. The number of H-pyrrole nitrogens is 1. The van der Waals surface area contributed by atoms with Crippen molar-refractivity contribution in [3.05, 3.63) is 53.5 Å². The normalized spacial score (nSPS) is 10.3. The summed E-state index contributed by atoms with van der Waals surface area (Å²) in [7, 11) is 0. The summed E-state index contributed by atoms with van der Waals surface area (Å²) < 4.78 is 0. The predicted octanol–water partition coefficient (Wildman–Crippen LogP) is 3.35. The lowest BCUT2D eigenvalue weighted by Crippen LogP contribution is -2.12. The van der Waals surface area contributed by atoms with Crippen molar-refractivity contribution in [3.8, 4) is 10.6 Å². The molecule has 3 N–H and O–H groups in total. The smallest absolute Gasteiger partial charge is 0.276 e. The third-order valence-electron chi connectivity index (χ3n) is 3.06. The first kappa shape index (κ1) is 15.0. The second kappa shape index (κ2) is 6.45. The zero-order chi connectivity index (χ0) is 16.2. The molecule has 0 saturated carbocycles. The molecule has 0 atom stereocenters. The lowest BCUT2D eigenvalue weighted by atomic mass is 10.2. The molecule has 116 valence electrons. The quantitative estimate of drug-likeness (QED) is 0.687. The van der Waals surface area contributed by atoms with Gasteiger partial charge in [-0.05, 0) is 41.8 Å². The highest BCUT2D eigenvalue weighted by Crippen LogP contribution is 2.23. The van der Waals surface area contributed by atoms with Gasteiger partial charge in [-0.1, -0.05) is 6.07 Å². The van der Waals surface area contributed by atoms with Crippen molar-refractivity contribution in [2.75, 3.05) is 10.6 Å². The monoisotopic (exact) mass is 326 g/mol. The summed E-state index contributed by atoms with van der Waals surface area (Å²) in [6.45, 7) is 1.44. The Balaban J connectivity index is 1.68. The van der Waals surface area contributed by atoms with Gasteiger partial charge in [0.2, 0.25) is 5.91 Å². The van der Waals surface area contributed by atoms with E-state index in [1.807, 2.05) is 17.5 Å². The van der Waals surface area contributed by atoms with Crippen molar-refractivity contribution in [1.82, 2.24) is 10.2 Å². The Morgan fingerprint density at radius 3 is 2.39 bits per heavy atom. The van der Waals surface area contributed by atoms with Crippen molar-refractivity contribution >= 4 is 34.5 Å². The molecule has 2 amide bonds. The SMILES string of the molecule is CC(=O)Nc1ccc(NC(=O)c2cc(-c3cccs3)[nH]n2)cc1. The number of hydrogen-bond donors (Lipinski definition) is 3. The minimum absolute atomic E-state index is 0.139. The molecule has 0 aliphatic rings. The number of carbonyl (C=O) groups excluding carboxylic acids is 2. The van der Waals surface area contributed by atoms with Gasteiger partial charge in [-0.25, -0.2) is 0 Å². The number of benzene rings is 1. The maximum Gasteiger partial charge on any atom is 0.276 e. The molecule has 0 radical (unpaired) electrons. The molecule has 0 aliphatic carbocycles. The van der Waals surface area contributed by atoms with E-state index in [-0.39, 0.29) is 11.8 Å². The van der Waals surface area contributed by atoms with E-state index < -0.39 is 0 Å². The molecule has 7 heteroatoms. The van der Waals surface area contributed by atoms with E-state index in [2.05, 4.69) is 20.8 Å². The topological polar surface area (TPSA) is 86.9 Å². The summed E-state index contributed by atoms with van der Waals surface area (Å²) in [5.74, 6) is -0.434. The molecule has 2 heterocycles. The molecule has 2 aromatic heterocycles. The van der Waals surface area contributed by atoms with Crippen LogP contribution < -0.4 is 10.6 Å². The Morgan fingerprint density at radius 2 is 1.78 bits per heavy atom. The van der Waals surface area contributed by atoms with Crippen LogP contribution in [0.2, 0.25) is 0 Å². The van der Waals surface area contributed by atoms with Gasteiger partial charge in [0.25, 0.3) is 5.91 Å². The van der Waals surface area contributed by atoms with Crippen LogP contribution in [0.25, 0.3) is 10.6 Å². The van der Waals surface area contributed by atoms with Crippen LogP contribution in [0.1, 0.15) is 17.4 Å². The van der Waals surface area contributed by atoms with Crippen molar-refractivity contribution in [2.24, 2.45) is 0 Å². The van der Waals surface area contributed by atoms with Crippen LogP contribution in [-0.4, -0.2) is 22.0 Å². The first-order valence-electron chi connectivity index (χ1n) is 6.90. The molecule has 3 rings (SSSR count). The Morgan fingerprint density at radius 1 is 1.09 bits per heavy atom. The van der Waals surface area contributed by atoms with Crippen LogP contribution >= 0.6 is 11.3 Å². The van der Waals surface area contributed by atoms with Crippen LogP contribution in [0.5, 0.6) is 0 Å². The lowest BCUT2D eigenvalue weighted by Gasteiger charge is -2.05. The highest BCUT2D eigenvalue weighted by molar-refractivity contribution is 7.13. The van der Waals surface area contributed by atoms with E-state index in [0.717, 1.165) is 10.6 Å². The van der Waals surface area contributed by atoms with Gasteiger partial charge >= 0.3 is 0 Å². The minimum Gasteiger partial charge on any atom is -0.326 e. The molecule has 3 aromatic rings. The van der Waals surface area contributed by atoms with Gasteiger partial charge in [-0.15, -0.1) is 11.3 Å². The third-order valence-corrected chi connectivity index (χ3v) is 3.96. The van der Waals surface area contributed by atoms with Gasteiger partial charge < -0.3 is 10.6 Å². The molecule has 0 fully saturated rings. The highest BCUT2D eigenvalue weighted by atomic mass is 32.1. The van der Waals surface area contributed by atoms with Crippen molar-refractivity contribution < 1.29 is 9.59 Å². The van der Waals surface area contributed by atoms with Crippen molar-refractivity contribution in [1.29, 1.82) is 0 Å². The van der Waals surface area contributed by atoms with Gasteiger partial charge in [0.05, 0.1) is 10.6 Å². The minimum atomic E-state index is -0.295. The van der Waals surface area contributed by atoms with Crippen LogP contribution in [0.4, 0.5) is 11.4 Å². The van der Waals surface area contributed by atoms with Crippen molar-refractivity contribution in [2.45, 2.75) is 6.92 Å². The fourth-order valence-electron chi connectivity index (χ4n) is 2.03. The number of nitrogens with one attached hydrogen (secondary N) is 3. The number of rotatable bonds is 4. The zero-order valence-corrected chi connectivity index (χ0v) is 13.1. The van der Waals surface area contributed by atoms with E-state index in [9.17, 15) is 9.59 Å². The fraction of sp³-hybridized carbons (Fsp3) is 0.0625. The highest BCUT2D eigenvalue weighted by Gasteiger charge is 2.12. The van der Waals surface area contributed by atoms with Crippen LogP contribution in [0, 0.1) is 0 Å². The summed E-state index contributed by atoms with van der Waals surface area (Å²) in [5.41, 5.74) is 2.44. The molecule has 0 saturated heterocycles. The maximum atomic E-state index is 12.2. The van der Waals surface area contributed by atoms with Gasteiger partial charge in [0.15, 0.2) is 5.69 Å². The lowest BCUT2D eigenvalue weighted by molar-refractivity contribution is -0.114. The largest absolute Gasteiger partial charge is 0.326 e. The van der Waals surface area contributed by atoms with E-state index >= 15 is 0 Å². The molecular formula is C16H14N4O2S. The second-order valence-electron chi connectivity index (χ2n) is 4.86. The number of anilines is 2. The second-order valence-corrected chi connectivity index (χ2v) is 5.80. The molecule has 0 bridgehead atoms. The van der Waals surface area contributed by atoms with E-state index in [0.29, 0.717) is 17.1 Å². The first-order valence-corrected chi connectivity index (χ1v) is 7.78. The number of amides is 2. The van der Waals surface area contributed by atoms with Crippen LogP contribution in [-0.2, 0) is 4.79 Å². The number of aromatic amines is 1. The number of nitrogens with zero attached hydrogens (tertiary/aromatic N) is 1. The summed E-state index contributed by atoms with van der Waals surface area (Å²) in [6.07, 6.45) is 0. The number of aromatic nitrogens is 2. The summed E-state index contributed by atoms with van der Waals surface area (Å²) in [5, 5.41) is 14.3. The van der Waals surface area contributed by atoms with Gasteiger partial charge in [-0.2, -0.15) is 5.10 Å². The Hall–Kier alpha value is -2.93. The van der Waals surface area contributed by atoms with Crippen molar-refractivity contribution in [3.63, 3.8) is 0 Å². The number of thiophene rings is 1. The molecule has 0 unspecified atom stereocenters. The standard InChI is InChI=1S/C16H14N4O2S/c1-10(21)17-11-4-6-12(7-5-11)18-16(22)14-9-13(19-20-14)15-3-2-8-23-15/h2-9H,1H3,(H,17,21)(H,18,22)(H,19,20). The third kappa shape index (κ3) is 3.64. The predicted molar refractivity (Wildman–Crippen MR) is 90.6 cm³/mol. The van der Waals surface area contributed by atoms with Gasteiger partial charge in [0.1, 0.15) is 0 Å². The van der Waals surface area contributed by atoms with Crippen LogP contribution in [0.15, 0.2) is 47.8 Å². The fourth-order valence-corrected chi connectivity index (χ4v) is 2.72. The first-order chi connectivity index (χ1) is 11.1. The van der Waals surface area contributed by atoms with E-state index in [1.165, 1.54) is 6.92 Å². The average molecular weight is 326 g/mol. The van der Waals surface area contributed by atoms with Gasteiger partial charge in [0, 0.05) is 18.3 Å².